The van der Waals surface area contributed by atoms with Crippen LogP contribution >= 0.6 is 0 Å². The van der Waals surface area contributed by atoms with Crippen LogP contribution in [0.25, 0.3) is 0 Å². The van der Waals surface area contributed by atoms with Gasteiger partial charge in [-0.15, -0.1) is 0 Å². The molecule has 1 aromatic carbocycles. The Balaban J connectivity index is 2.48. The molecule has 0 saturated carbocycles. The van der Waals surface area contributed by atoms with Gasteiger partial charge in [-0.1, -0.05) is 38.0 Å². The molecule has 3 nitrogen and oxygen atoms in total. The SMILES string of the molecule is CCCCC[C@H](Oc1ccccc1)C(=O)O. The summed E-state index contributed by atoms with van der Waals surface area (Å²) >= 11 is 0. The van der Waals surface area contributed by atoms with Crippen molar-refractivity contribution in [3.05, 3.63) is 30.3 Å². The first-order valence-electron chi connectivity index (χ1n) is 5.68. The topological polar surface area (TPSA) is 46.5 Å². The van der Waals surface area contributed by atoms with Gasteiger partial charge in [-0.25, -0.2) is 4.79 Å². The number of aliphatic carboxylic acids is 1. The van der Waals surface area contributed by atoms with Crippen LogP contribution in [-0.2, 0) is 4.79 Å². The summed E-state index contributed by atoms with van der Waals surface area (Å²) < 4.78 is 5.42. The van der Waals surface area contributed by atoms with Crippen LogP contribution < -0.4 is 4.74 Å². The number of carboxylic acids is 1. The summed E-state index contributed by atoms with van der Waals surface area (Å²) in [6.45, 7) is 2.09. The lowest BCUT2D eigenvalue weighted by Gasteiger charge is -2.14. The van der Waals surface area contributed by atoms with Gasteiger partial charge in [-0.3, -0.25) is 0 Å². The molecule has 0 amide bonds. The van der Waals surface area contributed by atoms with Crippen molar-refractivity contribution in [3.8, 4) is 5.75 Å². The number of ether oxygens (including phenoxy) is 1. The molecule has 0 aliphatic heterocycles. The molecule has 0 spiro atoms. The molecule has 1 aromatic rings. The highest BCUT2D eigenvalue weighted by molar-refractivity contribution is 5.72. The Morgan fingerprint density at radius 3 is 2.56 bits per heavy atom. The van der Waals surface area contributed by atoms with Crippen LogP contribution in [0.15, 0.2) is 30.3 Å². The molecule has 0 heterocycles. The van der Waals surface area contributed by atoms with E-state index in [-0.39, 0.29) is 0 Å². The largest absolute Gasteiger partial charge is 0.479 e. The molecule has 0 aliphatic rings. The molecular weight excluding hydrogens is 204 g/mol. The molecule has 1 N–H and O–H groups in total. The third-order valence-electron chi connectivity index (χ3n) is 2.37. The van der Waals surface area contributed by atoms with Gasteiger partial charge in [0.05, 0.1) is 0 Å². The molecule has 0 aliphatic carbocycles. The Hall–Kier alpha value is -1.51. The Morgan fingerprint density at radius 2 is 2.00 bits per heavy atom. The third-order valence-corrected chi connectivity index (χ3v) is 2.37. The van der Waals surface area contributed by atoms with E-state index in [2.05, 4.69) is 6.92 Å². The van der Waals surface area contributed by atoms with Gasteiger partial charge in [0.2, 0.25) is 0 Å². The molecular formula is C13H18O3. The molecule has 16 heavy (non-hydrogen) atoms. The van der Waals surface area contributed by atoms with Gasteiger partial charge >= 0.3 is 5.97 Å². The van der Waals surface area contributed by atoms with E-state index in [1.54, 1.807) is 12.1 Å². The molecule has 88 valence electrons. The van der Waals surface area contributed by atoms with E-state index in [9.17, 15) is 4.79 Å². The molecule has 0 bridgehead atoms. The van der Waals surface area contributed by atoms with E-state index in [0.29, 0.717) is 12.2 Å². The second kappa shape index (κ2) is 6.88. The van der Waals surface area contributed by atoms with Crippen molar-refractivity contribution in [1.29, 1.82) is 0 Å². The number of hydrogen-bond acceptors (Lipinski definition) is 2. The zero-order chi connectivity index (χ0) is 11.8. The van der Waals surface area contributed by atoms with E-state index in [4.69, 9.17) is 9.84 Å². The van der Waals surface area contributed by atoms with E-state index in [0.717, 1.165) is 19.3 Å². The Morgan fingerprint density at radius 1 is 1.31 bits per heavy atom. The molecule has 3 heteroatoms. The van der Waals surface area contributed by atoms with Crippen LogP contribution in [0.5, 0.6) is 5.75 Å². The van der Waals surface area contributed by atoms with Crippen LogP contribution in [0.4, 0.5) is 0 Å². The second-order valence-electron chi connectivity index (χ2n) is 3.75. The minimum Gasteiger partial charge on any atom is -0.479 e. The van der Waals surface area contributed by atoms with Gasteiger partial charge in [0.25, 0.3) is 0 Å². The van der Waals surface area contributed by atoms with E-state index < -0.39 is 12.1 Å². The highest BCUT2D eigenvalue weighted by Gasteiger charge is 2.18. The van der Waals surface area contributed by atoms with Gasteiger partial charge in [0.1, 0.15) is 5.75 Å². The first kappa shape index (κ1) is 12.6. The predicted octanol–water partition coefficient (Wildman–Crippen LogP) is 3.10. The van der Waals surface area contributed by atoms with Crippen molar-refractivity contribution >= 4 is 5.97 Å². The van der Waals surface area contributed by atoms with Crippen LogP contribution in [-0.4, -0.2) is 17.2 Å². The van der Waals surface area contributed by atoms with Gasteiger partial charge in [-0.2, -0.15) is 0 Å². The summed E-state index contributed by atoms with van der Waals surface area (Å²) in [5.41, 5.74) is 0. The molecule has 0 radical (unpaired) electrons. The maximum absolute atomic E-state index is 11.0. The lowest BCUT2D eigenvalue weighted by Crippen LogP contribution is -2.26. The third kappa shape index (κ3) is 4.34. The Bertz CT molecular complexity index is 308. The van der Waals surface area contributed by atoms with Crippen molar-refractivity contribution in [2.45, 2.75) is 38.7 Å². The number of para-hydroxylation sites is 1. The first-order valence-corrected chi connectivity index (χ1v) is 5.68. The molecule has 0 unspecified atom stereocenters. The fraction of sp³-hybridized carbons (Fsp3) is 0.462. The Kier molecular flexibility index (Phi) is 5.40. The summed E-state index contributed by atoms with van der Waals surface area (Å²) in [6, 6.07) is 9.09. The van der Waals surface area contributed by atoms with E-state index in [1.165, 1.54) is 0 Å². The smallest absolute Gasteiger partial charge is 0.344 e. The van der Waals surface area contributed by atoms with Crippen molar-refractivity contribution in [3.63, 3.8) is 0 Å². The van der Waals surface area contributed by atoms with Crippen LogP contribution in [0.3, 0.4) is 0 Å². The predicted molar refractivity (Wildman–Crippen MR) is 62.6 cm³/mol. The van der Waals surface area contributed by atoms with Crippen molar-refractivity contribution in [2.24, 2.45) is 0 Å². The minimum absolute atomic E-state index is 0.568. The number of carboxylic acid groups (broad SMARTS) is 1. The number of rotatable bonds is 7. The molecule has 1 rings (SSSR count). The van der Waals surface area contributed by atoms with E-state index >= 15 is 0 Å². The molecule has 0 fully saturated rings. The monoisotopic (exact) mass is 222 g/mol. The Labute approximate surface area is 96.1 Å². The highest BCUT2D eigenvalue weighted by atomic mass is 16.5. The zero-order valence-electron chi connectivity index (χ0n) is 9.56. The van der Waals surface area contributed by atoms with Crippen LogP contribution in [0, 0.1) is 0 Å². The highest BCUT2D eigenvalue weighted by Crippen LogP contribution is 2.14. The summed E-state index contributed by atoms with van der Waals surface area (Å²) in [5.74, 6) is -0.272. The van der Waals surface area contributed by atoms with Crippen molar-refractivity contribution < 1.29 is 14.6 Å². The summed E-state index contributed by atoms with van der Waals surface area (Å²) in [6.07, 6.45) is 2.85. The van der Waals surface area contributed by atoms with Crippen molar-refractivity contribution in [1.82, 2.24) is 0 Å². The number of benzene rings is 1. The summed E-state index contributed by atoms with van der Waals surface area (Å²) in [4.78, 5) is 11.0. The van der Waals surface area contributed by atoms with Gasteiger partial charge in [0, 0.05) is 0 Å². The second-order valence-corrected chi connectivity index (χ2v) is 3.75. The molecule has 0 saturated heterocycles. The quantitative estimate of drug-likeness (QED) is 0.721. The summed E-state index contributed by atoms with van der Waals surface area (Å²) in [7, 11) is 0. The first-order chi connectivity index (χ1) is 7.74. The number of carbonyl (C=O) groups is 1. The fourth-order valence-electron chi connectivity index (χ4n) is 1.48. The average Bonchev–Trinajstić information content (AvgIpc) is 2.29. The summed E-state index contributed by atoms with van der Waals surface area (Å²) in [5, 5.41) is 9.01. The minimum atomic E-state index is -0.889. The number of hydrogen-bond donors (Lipinski definition) is 1. The molecule has 1 atom stereocenters. The lowest BCUT2D eigenvalue weighted by molar-refractivity contribution is -0.145. The zero-order valence-corrected chi connectivity index (χ0v) is 9.56. The standard InChI is InChI=1S/C13H18O3/c1-2-3-5-10-12(13(14)15)16-11-8-6-4-7-9-11/h4,6-9,12H,2-3,5,10H2,1H3,(H,14,15)/t12-/m0/s1. The van der Waals surface area contributed by atoms with Crippen molar-refractivity contribution in [2.75, 3.05) is 0 Å². The number of unbranched alkanes of at least 4 members (excludes halogenated alkanes) is 2. The van der Waals surface area contributed by atoms with E-state index in [1.807, 2.05) is 18.2 Å². The average molecular weight is 222 g/mol. The van der Waals surface area contributed by atoms with Crippen LogP contribution in [0.2, 0.25) is 0 Å². The fourth-order valence-corrected chi connectivity index (χ4v) is 1.48. The lowest BCUT2D eigenvalue weighted by atomic mass is 10.1. The maximum atomic E-state index is 11.0. The van der Waals surface area contributed by atoms with Gasteiger partial charge < -0.3 is 9.84 Å². The maximum Gasteiger partial charge on any atom is 0.344 e. The van der Waals surface area contributed by atoms with Gasteiger partial charge in [0.15, 0.2) is 6.10 Å². The van der Waals surface area contributed by atoms with Gasteiger partial charge in [-0.05, 0) is 25.0 Å². The molecule has 0 aromatic heterocycles. The van der Waals surface area contributed by atoms with Crippen LogP contribution in [0.1, 0.15) is 32.6 Å². The normalized spacial score (nSPS) is 12.1.